The number of rotatable bonds is 6. The number of anilines is 1. The van der Waals surface area contributed by atoms with Crippen molar-refractivity contribution in [1.82, 2.24) is 14.6 Å². The van der Waals surface area contributed by atoms with Crippen molar-refractivity contribution in [2.75, 3.05) is 19.5 Å². The van der Waals surface area contributed by atoms with Crippen molar-refractivity contribution in [2.45, 2.75) is 20.4 Å². The van der Waals surface area contributed by atoms with Gasteiger partial charge in [0.25, 0.3) is 0 Å². The number of aryl methyl sites for hydroxylation is 2. The monoisotopic (exact) mass is 422 g/mol. The van der Waals surface area contributed by atoms with Crippen LogP contribution in [0.2, 0.25) is 5.02 Å². The number of methoxy groups -OCH3 is 2. The van der Waals surface area contributed by atoms with Gasteiger partial charge in [-0.05, 0) is 49.2 Å². The number of nitrogens with one attached hydrogen (secondary N) is 1. The fourth-order valence-electron chi connectivity index (χ4n) is 3.50. The van der Waals surface area contributed by atoms with Gasteiger partial charge < -0.3 is 14.8 Å². The molecule has 0 aliphatic carbocycles. The molecular weight excluding hydrogens is 400 g/mol. The minimum absolute atomic E-state index is 0.653. The summed E-state index contributed by atoms with van der Waals surface area (Å²) in [5.74, 6) is 2.23. The molecule has 0 unspecified atom stereocenters. The molecule has 0 saturated heterocycles. The third-order valence-electron chi connectivity index (χ3n) is 4.95. The Morgan fingerprint density at radius 1 is 0.967 bits per heavy atom. The maximum absolute atomic E-state index is 5.99. The average molecular weight is 423 g/mol. The Bertz CT molecular complexity index is 1200. The van der Waals surface area contributed by atoms with E-state index >= 15 is 0 Å². The van der Waals surface area contributed by atoms with Crippen molar-refractivity contribution < 1.29 is 9.47 Å². The number of aromatic nitrogens is 3. The molecule has 0 atom stereocenters. The maximum Gasteiger partial charge on any atom is 0.165 e. The highest BCUT2D eigenvalue weighted by Crippen LogP contribution is 2.35. The van der Waals surface area contributed by atoms with Crippen molar-refractivity contribution >= 4 is 23.1 Å². The number of fused-ring (bicyclic) bond motifs is 1. The fourth-order valence-corrected chi connectivity index (χ4v) is 3.62. The van der Waals surface area contributed by atoms with Crippen LogP contribution in [0, 0.1) is 13.8 Å². The molecule has 1 N–H and O–H groups in total. The van der Waals surface area contributed by atoms with Gasteiger partial charge in [0.15, 0.2) is 17.1 Å². The Kier molecular flexibility index (Phi) is 5.50. The van der Waals surface area contributed by atoms with Gasteiger partial charge in [0.2, 0.25) is 0 Å². The summed E-state index contributed by atoms with van der Waals surface area (Å²) >= 11 is 5.99. The Morgan fingerprint density at radius 3 is 2.40 bits per heavy atom. The minimum atomic E-state index is 0.653. The minimum Gasteiger partial charge on any atom is -0.493 e. The third kappa shape index (κ3) is 3.78. The molecule has 7 heteroatoms. The third-order valence-corrected chi connectivity index (χ3v) is 5.20. The van der Waals surface area contributed by atoms with E-state index in [1.54, 1.807) is 14.2 Å². The molecule has 154 valence electrons. The molecule has 30 heavy (non-hydrogen) atoms. The maximum atomic E-state index is 5.99. The largest absolute Gasteiger partial charge is 0.493 e. The molecule has 0 radical (unpaired) electrons. The van der Waals surface area contributed by atoms with Gasteiger partial charge in [0.05, 0.1) is 19.9 Å². The van der Waals surface area contributed by atoms with E-state index in [2.05, 4.69) is 5.32 Å². The average Bonchev–Trinajstić information content (AvgIpc) is 3.08. The summed E-state index contributed by atoms with van der Waals surface area (Å²) in [4.78, 5) is 4.77. The summed E-state index contributed by atoms with van der Waals surface area (Å²) in [6.45, 7) is 4.62. The Balaban J connectivity index is 1.76. The number of ether oxygens (including phenoxy) is 2. The van der Waals surface area contributed by atoms with Gasteiger partial charge in [0, 0.05) is 28.9 Å². The van der Waals surface area contributed by atoms with Crippen LogP contribution in [0.3, 0.4) is 0 Å². The highest BCUT2D eigenvalue weighted by Gasteiger charge is 2.17. The SMILES string of the molecule is COc1ccc(-c2c(C)nn3c(NCc4ccc(Cl)cc4)cc(C)nc23)cc1OC. The molecule has 0 amide bonds. The zero-order chi connectivity index (χ0) is 21.3. The van der Waals surface area contributed by atoms with Gasteiger partial charge in [0.1, 0.15) is 5.82 Å². The van der Waals surface area contributed by atoms with Gasteiger partial charge in [-0.3, -0.25) is 0 Å². The second-order valence-electron chi connectivity index (χ2n) is 7.03. The zero-order valence-electron chi connectivity index (χ0n) is 17.4. The first-order valence-electron chi connectivity index (χ1n) is 9.58. The molecule has 0 spiro atoms. The summed E-state index contributed by atoms with van der Waals surface area (Å²) in [6.07, 6.45) is 0. The van der Waals surface area contributed by atoms with Gasteiger partial charge in [-0.2, -0.15) is 9.61 Å². The van der Waals surface area contributed by atoms with Crippen LogP contribution in [0.15, 0.2) is 48.5 Å². The molecule has 4 aromatic rings. The molecule has 2 aromatic heterocycles. The quantitative estimate of drug-likeness (QED) is 0.457. The lowest BCUT2D eigenvalue weighted by atomic mass is 10.1. The number of hydrogen-bond donors (Lipinski definition) is 1. The van der Waals surface area contributed by atoms with Gasteiger partial charge in [-0.15, -0.1) is 0 Å². The zero-order valence-corrected chi connectivity index (χ0v) is 18.1. The topological polar surface area (TPSA) is 60.7 Å². The van der Waals surface area contributed by atoms with Crippen LogP contribution in [-0.4, -0.2) is 28.8 Å². The molecule has 2 aromatic carbocycles. The lowest BCUT2D eigenvalue weighted by molar-refractivity contribution is 0.355. The standard InChI is InChI=1S/C23H23ClN4O2/c1-14-11-21(25-13-16-5-8-18(24)9-6-16)28-23(26-14)22(15(2)27-28)17-7-10-19(29-3)20(12-17)30-4/h5-12,25H,13H2,1-4H3. The van der Waals surface area contributed by atoms with Gasteiger partial charge in [-0.25, -0.2) is 4.98 Å². The lowest BCUT2D eigenvalue weighted by Gasteiger charge is -2.11. The lowest BCUT2D eigenvalue weighted by Crippen LogP contribution is -2.07. The predicted octanol–water partition coefficient (Wildman–Crippen LogP) is 5.30. The van der Waals surface area contributed by atoms with Crippen LogP contribution in [-0.2, 0) is 6.54 Å². The summed E-state index contributed by atoms with van der Waals surface area (Å²) in [7, 11) is 3.26. The molecular formula is C23H23ClN4O2. The van der Waals surface area contributed by atoms with Crippen molar-refractivity contribution in [3.05, 3.63) is 70.5 Å². The van der Waals surface area contributed by atoms with Crippen LogP contribution in [0.25, 0.3) is 16.8 Å². The Hall–Kier alpha value is -3.25. The summed E-state index contributed by atoms with van der Waals surface area (Å²) < 4.78 is 12.7. The van der Waals surface area contributed by atoms with Crippen molar-refractivity contribution in [2.24, 2.45) is 0 Å². The van der Waals surface area contributed by atoms with Crippen LogP contribution in [0.5, 0.6) is 11.5 Å². The van der Waals surface area contributed by atoms with Crippen molar-refractivity contribution in [3.63, 3.8) is 0 Å². The normalized spacial score (nSPS) is 11.0. The molecule has 2 heterocycles. The summed E-state index contributed by atoms with van der Waals surface area (Å²) in [5, 5.41) is 8.95. The predicted molar refractivity (Wildman–Crippen MR) is 120 cm³/mol. The van der Waals surface area contributed by atoms with E-state index in [9.17, 15) is 0 Å². The molecule has 0 aliphatic rings. The molecule has 0 bridgehead atoms. The Morgan fingerprint density at radius 2 is 1.70 bits per heavy atom. The van der Waals surface area contributed by atoms with E-state index in [0.29, 0.717) is 18.0 Å². The van der Waals surface area contributed by atoms with E-state index in [1.807, 2.05) is 66.9 Å². The first kappa shape index (κ1) is 20.0. The van der Waals surface area contributed by atoms with Gasteiger partial charge >= 0.3 is 0 Å². The summed E-state index contributed by atoms with van der Waals surface area (Å²) in [5.41, 5.74) is 5.65. The van der Waals surface area contributed by atoms with E-state index in [0.717, 1.165) is 44.6 Å². The molecule has 0 aliphatic heterocycles. The van der Waals surface area contributed by atoms with E-state index in [1.165, 1.54) is 0 Å². The number of halogens is 1. The molecule has 0 saturated carbocycles. The first-order chi connectivity index (χ1) is 14.5. The highest BCUT2D eigenvalue weighted by molar-refractivity contribution is 6.30. The fraction of sp³-hybridized carbons (Fsp3) is 0.217. The van der Waals surface area contributed by atoms with Crippen LogP contribution in [0.4, 0.5) is 5.82 Å². The van der Waals surface area contributed by atoms with Crippen molar-refractivity contribution in [3.8, 4) is 22.6 Å². The van der Waals surface area contributed by atoms with E-state index in [4.69, 9.17) is 31.2 Å². The Labute approximate surface area is 180 Å². The number of hydrogen-bond acceptors (Lipinski definition) is 5. The molecule has 4 rings (SSSR count). The number of nitrogens with zero attached hydrogens (tertiary/aromatic N) is 3. The second-order valence-corrected chi connectivity index (χ2v) is 7.46. The molecule has 6 nitrogen and oxygen atoms in total. The highest BCUT2D eigenvalue weighted by atomic mass is 35.5. The summed E-state index contributed by atoms with van der Waals surface area (Å²) in [6, 6.07) is 15.6. The van der Waals surface area contributed by atoms with Crippen LogP contribution < -0.4 is 14.8 Å². The van der Waals surface area contributed by atoms with E-state index < -0.39 is 0 Å². The van der Waals surface area contributed by atoms with Crippen LogP contribution in [0.1, 0.15) is 17.0 Å². The number of benzene rings is 2. The molecule has 0 fully saturated rings. The van der Waals surface area contributed by atoms with E-state index in [-0.39, 0.29) is 0 Å². The van der Waals surface area contributed by atoms with Crippen LogP contribution >= 0.6 is 11.6 Å². The first-order valence-corrected chi connectivity index (χ1v) is 9.95. The second kappa shape index (κ2) is 8.24. The van der Waals surface area contributed by atoms with Crippen molar-refractivity contribution in [1.29, 1.82) is 0 Å². The smallest absolute Gasteiger partial charge is 0.165 e. The van der Waals surface area contributed by atoms with Gasteiger partial charge in [-0.1, -0.05) is 29.8 Å².